The van der Waals surface area contributed by atoms with Crippen LogP contribution in [0.2, 0.25) is 36.3 Å². The van der Waals surface area contributed by atoms with E-state index in [-0.39, 0.29) is 0 Å². The third-order valence-corrected chi connectivity index (χ3v) is 21.7. The summed E-state index contributed by atoms with van der Waals surface area (Å²) in [5, 5.41) is 0. The Morgan fingerprint density at radius 1 is 0.500 bits per heavy atom. The fourth-order valence-electron chi connectivity index (χ4n) is 6.49. The molecule has 0 saturated carbocycles. The molecule has 42 heavy (non-hydrogen) atoms. The molecule has 0 fully saturated rings. The van der Waals surface area contributed by atoms with E-state index >= 15 is 0 Å². The Morgan fingerprint density at radius 2 is 0.905 bits per heavy atom. The van der Waals surface area contributed by atoms with E-state index in [2.05, 4.69) is 104 Å². The van der Waals surface area contributed by atoms with Crippen molar-refractivity contribution in [2.24, 2.45) is 9.98 Å². The molecule has 0 aliphatic heterocycles. The molecule has 0 unspecified atom stereocenters. The summed E-state index contributed by atoms with van der Waals surface area (Å²) >= 11 is 0. The Labute approximate surface area is 263 Å². The smallest absolute Gasteiger partial charge is 0.0636 e. The quantitative estimate of drug-likeness (QED) is 0.0769. The van der Waals surface area contributed by atoms with Crippen molar-refractivity contribution in [1.82, 2.24) is 0 Å². The van der Waals surface area contributed by atoms with E-state index in [1.165, 1.54) is 103 Å². The third kappa shape index (κ3) is 11.4. The average molecular weight is 605 g/mol. The zero-order chi connectivity index (χ0) is 30.8. The number of aliphatic imine (C=N–C) groups is 2. The molecule has 0 spiro atoms. The van der Waals surface area contributed by atoms with Gasteiger partial charge in [-0.25, -0.2) is 0 Å². The standard InChI is InChI=1S/C38H64N2Si2/c1-9-17-19-20-28-38(40-36-26-22-24-34(30-36)32-42(14-6,15-7)16-8)37(27-18-10-2)39-35-25-21-23-33(29-35)31-41(11-3,12-4)13-5/h21-26,29-30H,9-20,27-28,31-32H2,1-8H3. The summed E-state index contributed by atoms with van der Waals surface area (Å²) in [5.41, 5.74) is 7.62. The zero-order valence-corrected chi connectivity index (χ0v) is 30.8. The van der Waals surface area contributed by atoms with Crippen LogP contribution in [0.4, 0.5) is 11.4 Å². The molecule has 0 aliphatic carbocycles. The molecule has 0 atom stereocenters. The van der Waals surface area contributed by atoms with Crippen LogP contribution >= 0.6 is 0 Å². The SMILES string of the molecule is CCCCCCC(=Nc1cccc(C[Si](CC)(CC)CC)c1)C(CCCC)=Nc1cccc(C[Si](CC)(CC)CC)c1. The topological polar surface area (TPSA) is 24.7 Å². The van der Waals surface area contributed by atoms with Gasteiger partial charge in [0.05, 0.1) is 38.9 Å². The minimum atomic E-state index is -1.24. The van der Waals surface area contributed by atoms with Crippen molar-refractivity contribution in [1.29, 1.82) is 0 Å². The zero-order valence-electron chi connectivity index (χ0n) is 28.8. The van der Waals surface area contributed by atoms with Crippen molar-refractivity contribution in [2.75, 3.05) is 0 Å². The molecule has 0 N–H and O–H groups in total. The first-order valence-electron chi connectivity index (χ1n) is 17.7. The fraction of sp³-hybridized carbons (Fsp3) is 0.632. The summed E-state index contributed by atoms with van der Waals surface area (Å²) in [6.45, 7) is 19.1. The molecule has 2 rings (SSSR count). The third-order valence-electron chi connectivity index (χ3n) is 10.4. The van der Waals surface area contributed by atoms with Gasteiger partial charge in [-0.2, -0.15) is 0 Å². The molecule has 2 aromatic carbocycles. The van der Waals surface area contributed by atoms with Gasteiger partial charge in [-0.15, -0.1) is 0 Å². The van der Waals surface area contributed by atoms with Crippen molar-refractivity contribution in [3.8, 4) is 0 Å². The number of unbranched alkanes of at least 4 members (excludes halogenated alkanes) is 4. The van der Waals surface area contributed by atoms with Gasteiger partial charge < -0.3 is 0 Å². The number of nitrogens with zero attached hydrogens (tertiary/aromatic N) is 2. The van der Waals surface area contributed by atoms with E-state index in [0.29, 0.717) is 0 Å². The first-order valence-corrected chi connectivity index (χ1v) is 23.3. The molecule has 0 aromatic heterocycles. The Bertz CT molecular complexity index is 1080. The molecule has 234 valence electrons. The van der Waals surface area contributed by atoms with Gasteiger partial charge in [-0.05, 0) is 73.2 Å². The van der Waals surface area contributed by atoms with Gasteiger partial charge in [0.1, 0.15) is 0 Å². The van der Waals surface area contributed by atoms with Crippen LogP contribution in [0.3, 0.4) is 0 Å². The van der Waals surface area contributed by atoms with Crippen molar-refractivity contribution >= 4 is 38.9 Å². The lowest BCUT2D eigenvalue weighted by Gasteiger charge is -2.28. The number of hydrogen-bond acceptors (Lipinski definition) is 2. The molecule has 0 saturated heterocycles. The van der Waals surface area contributed by atoms with Gasteiger partial charge in [0.15, 0.2) is 0 Å². The van der Waals surface area contributed by atoms with E-state index in [0.717, 1.165) is 30.6 Å². The predicted molar refractivity (Wildman–Crippen MR) is 197 cm³/mol. The van der Waals surface area contributed by atoms with E-state index in [4.69, 9.17) is 9.98 Å². The van der Waals surface area contributed by atoms with Gasteiger partial charge >= 0.3 is 0 Å². The van der Waals surface area contributed by atoms with Gasteiger partial charge in [-0.3, -0.25) is 9.98 Å². The molecular weight excluding hydrogens is 541 g/mol. The Hall–Kier alpha value is -1.79. The summed E-state index contributed by atoms with van der Waals surface area (Å²) in [6.07, 6.45) is 9.35. The van der Waals surface area contributed by atoms with Crippen molar-refractivity contribution in [3.63, 3.8) is 0 Å². The molecule has 2 aromatic rings. The number of hydrogen-bond donors (Lipinski definition) is 0. The maximum absolute atomic E-state index is 5.40. The molecule has 4 heteroatoms. The summed E-state index contributed by atoms with van der Waals surface area (Å²) in [5.74, 6) is 0. The largest absolute Gasteiger partial charge is 0.252 e. The van der Waals surface area contributed by atoms with E-state index in [1.807, 2.05) is 0 Å². The van der Waals surface area contributed by atoms with Crippen LogP contribution in [0.1, 0.15) is 118 Å². The normalized spacial score (nSPS) is 13.1. The highest BCUT2D eigenvalue weighted by molar-refractivity contribution is 6.79. The molecule has 0 bridgehead atoms. The average Bonchev–Trinajstić information content (AvgIpc) is 3.02. The van der Waals surface area contributed by atoms with Gasteiger partial charge in [0, 0.05) is 0 Å². The fourth-order valence-corrected chi connectivity index (χ4v) is 13.2. The molecule has 2 nitrogen and oxygen atoms in total. The lowest BCUT2D eigenvalue weighted by Crippen LogP contribution is -2.34. The van der Waals surface area contributed by atoms with Crippen LogP contribution in [0.25, 0.3) is 0 Å². The number of rotatable bonds is 21. The summed E-state index contributed by atoms with van der Waals surface area (Å²) in [6, 6.07) is 29.1. The van der Waals surface area contributed by atoms with Crippen molar-refractivity contribution in [2.45, 2.75) is 155 Å². The highest BCUT2D eigenvalue weighted by Crippen LogP contribution is 2.29. The Morgan fingerprint density at radius 3 is 1.29 bits per heavy atom. The minimum absolute atomic E-state index is 1.00. The van der Waals surface area contributed by atoms with Gasteiger partial charge in [0.25, 0.3) is 0 Å². The van der Waals surface area contributed by atoms with Crippen LogP contribution in [0.15, 0.2) is 58.5 Å². The summed E-state index contributed by atoms with van der Waals surface area (Å²) in [7, 11) is -2.48. The van der Waals surface area contributed by atoms with Crippen molar-refractivity contribution < 1.29 is 0 Å². The highest BCUT2D eigenvalue weighted by Gasteiger charge is 2.27. The monoisotopic (exact) mass is 604 g/mol. The number of benzene rings is 2. The molecular formula is C38H64N2Si2. The molecule has 0 radical (unpaired) electrons. The predicted octanol–water partition coefficient (Wildman–Crippen LogP) is 12.9. The summed E-state index contributed by atoms with van der Waals surface area (Å²) < 4.78 is 0. The molecule has 0 aliphatic rings. The van der Waals surface area contributed by atoms with E-state index < -0.39 is 16.1 Å². The summed E-state index contributed by atoms with van der Waals surface area (Å²) in [4.78, 5) is 10.8. The first kappa shape index (κ1) is 36.4. The van der Waals surface area contributed by atoms with Crippen LogP contribution in [0.5, 0.6) is 0 Å². The van der Waals surface area contributed by atoms with Crippen LogP contribution < -0.4 is 0 Å². The van der Waals surface area contributed by atoms with Gasteiger partial charge in [-0.1, -0.05) is 142 Å². The van der Waals surface area contributed by atoms with Crippen LogP contribution in [0, 0.1) is 0 Å². The van der Waals surface area contributed by atoms with E-state index in [9.17, 15) is 0 Å². The second kappa shape index (κ2) is 19.5. The minimum Gasteiger partial charge on any atom is -0.252 e. The van der Waals surface area contributed by atoms with Crippen molar-refractivity contribution in [3.05, 3.63) is 59.7 Å². The van der Waals surface area contributed by atoms with Crippen LogP contribution in [-0.4, -0.2) is 27.6 Å². The maximum Gasteiger partial charge on any atom is 0.0636 e. The Kier molecular flexibility index (Phi) is 16.9. The van der Waals surface area contributed by atoms with E-state index in [1.54, 1.807) is 0 Å². The lowest BCUT2D eigenvalue weighted by atomic mass is 10.0. The second-order valence-corrected chi connectivity index (χ2v) is 23.8. The maximum atomic E-state index is 5.40. The van der Waals surface area contributed by atoms with Crippen LogP contribution in [-0.2, 0) is 12.1 Å². The van der Waals surface area contributed by atoms with Gasteiger partial charge in [0.2, 0.25) is 0 Å². The highest BCUT2D eigenvalue weighted by atomic mass is 28.3. The Balaban J connectivity index is 2.52. The molecule has 0 amide bonds. The second-order valence-electron chi connectivity index (χ2n) is 12.8. The first-order chi connectivity index (χ1) is 20.4. The molecule has 0 heterocycles. The lowest BCUT2D eigenvalue weighted by molar-refractivity contribution is 0.683.